The summed E-state index contributed by atoms with van der Waals surface area (Å²) in [7, 11) is 1.24. The molecule has 0 aliphatic rings. The molecular formula is C19H20N2O5. The third-order valence-electron chi connectivity index (χ3n) is 3.46. The number of amides is 2. The molecule has 0 unspecified atom stereocenters. The number of rotatable bonds is 7. The quantitative estimate of drug-likeness (QED) is 0.583. The van der Waals surface area contributed by atoms with Crippen LogP contribution < -0.4 is 15.6 Å². The summed E-state index contributed by atoms with van der Waals surface area (Å²) in [6.07, 6.45) is -0.128. The zero-order chi connectivity index (χ0) is 18.8. The van der Waals surface area contributed by atoms with Gasteiger partial charge < -0.3 is 9.47 Å². The number of ether oxygens (including phenoxy) is 2. The van der Waals surface area contributed by atoms with Crippen molar-refractivity contribution in [2.75, 3.05) is 13.7 Å². The molecule has 2 amide bonds. The van der Waals surface area contributed by atoms with Gasteiger partial charge in [-0.05, 0) is 23.3 Å². The van der Waals surface area contributed by atoms with Gasteiger partial charge in [-0.1, -0.05) is 42.5 Å². The number of nitrogens with one attached hydrogen (secondary N) is 2. The molecule has 0 bridgehead atoms. The summed E-state index contributed by atoms with van der Waals surface area (Å²) in [5.74, 6) is -0.954. The number of esters is 1. The van der Waals surface area contributed by atoms with Gasteiger partial charge in [0, 0.05) is 6.42 Å². The van der Waals surface area contributed by atoms with E-state index in [1.54, 1.807) is 12.1 Å². The Bertz CT molecular complexity index is 744. The second kappa shape index (κ2) is 9.83. The SMILES string of the molecule is COC(=O)CCC(=O)NNC(=O)COc1ccc(-c2ccccc2)cc1. The second-order valence-electron chi connectivity index (χ2n) is 5.35. The average molecular weight is 356 g/mol. The zero-order valence-electron chi connectivity index (χ0n) is 14.4. The van der Waals surface area contributed by atoms with Gasteiger partial charge in [0.15, 0.2) is 6.61 Å². The van der Waals surface area contributed by atoms with Crippen LogP contribution in [0.15, 0.2) is 54.6 Å². The van der Waals surface area contributed by atoms with Crippen LogP contribution in [-0.4, -0.2) is 31.5 Å². The van der Waals surface area contributed by atoms with Crippen LogP contribution in [0.25, 0.3) is 11.1 Å². The van der Waals surface area contributed by atoms with Crippen LogP contribution in [0.3, 0.4) is 0 Å². The van der Waals surface area contributed by atoms with E-state index in [0.29, 0.717) is 5.75 Å². The van der Waals surface area contributed by atoms with E-state index < -0.39 is 17.8 Å². The first-order valence-corrected chi connectivity index (χ1v) is 8.01. The molecule has 7 heteroatoms. The number of hydrogen-bond donors (Lipinski definition) is 2. The van der Waals surface area contributed by atoms with Gasteiger partial charge in [0.05, 0.1) is 13.5 Å². The van der Waals surface area contributed by atoms with E-state index in [-0.39, 0.29) is 19.4 Å². The Morgan fingerprint density at radius 2 is 1.42 bits per heavy atom. The van der Waals surface area contributed by atoms with Crippen molar-refractivity contribution in [2.24, 2.45) is 0 Å². The maximum atomic E-state index is 11.7. The van der Waals surface area contributed by atoms with Crippen molar-refractivity contribution in [3.63, 3.8) is 0 Å². The summed E-state index contributed by atoms with van der Waals surface area (Å²) >= 11 is 0. The molecule has 0 aliphatic heterocycles. The van der Waals surface area contributed by atoms with E-state index in [1.165, 1.54) is 7.11 Å². The Labute approximate surface area is 151 Å². The maximum Gasteiger partial charge on any atom is 0.306 e. The summed E-state index contributed by atoms with van der Waals surface area (Å²) in [4.78, 5) is 34.0. The van der Waals surface area contributed by atoms with E-state index in [4.69, 9.17) is 4.74 Å². The Morgan fingerprint density at radius 3 is 2.08 bits per heavy atom. The van der Waals surface area contributed by atoms with Crippen LogP contribution in [0, 0.1) is 0 Å². The van der Waals surface area contributed by atoms with Crippen LogP contribution >= 0.6 is 0 Å². The van der Waals surface area contributed by atoms with Gasteiger partial charge in [-0.3, -0.25) is 25.2 Å². The molecule has 0 aromatic heterocycles. The predicted molar refractivity (Wildman–Crippen MR) is 94.9 cm³/mol. The highest BCUT2D eigenvalue weighted by molar-refractivity contribution is 5.84. The first-order chi connectivity index (χ1) is 12.6. The molecular weight excluding hydrogens is 336 g/mol. The molecule has 0 saturated carbocycles. The third-order valence-corrected chi connectivity index (χ3v) is 3.46. The molecule has 26 heavy (non-hydrogen) atoms. The Balaban J connectivity index is 1.72. The fourth-order valence-corrected chi connectivity index (χ4v) is 2.08. The van der Waals surface area contributed by atoms with Crippen LogP contribution in [0.1, 0.15) is 12.8 Å². The molecule has 0 atom stereocenters. The smallest absolute Gasteiger partial charge is 0.306 e. The lowest BCUT2D eigenvalue weighted by Crippen LogP contribution is -2.43. The summed E-state index contributed by atoms with van der Waals surface area (Å²) in [6.45, 7) is -0.248. The largest absolute Gasteiger partial charge is 0.484 e. The summed E-state index contributed by atoms with van der Waals surface area (Å²) < 4.78 is 9.79. The average Bonchev–Trinajstić information content (AvgIpc) is 2.69. The first kappa shape index (κ1) is 19.0. The molecule has 2 aromatic rings. The lowest BCUT2D eigenvalue weighted by molar-refractivity contribution is -0.142. The lowest BCUT2D eigenvalue weighted by Gasteiger charge is -2.09. The van der Waals surface area contributed by atoms with E-state index in [2.05, 4.69) is 15.6 Å². The summed E-state index contributed by atoms with van der Waals surface area (Å²) in [5, 5.41) is 0. The molecule has 0 aliphatic carbocycles. The Kier molecular flexibility index (Phi) is 7.17. The van der Waals surface area contributed by atoms with Crippen LogP contribution in [-0.2, 0) is 19.1 Å². The van der Waals surface area contributed by atoms with Crippen molar-refractivity contribution in [3.8, 4) is 16.9 Å². The van der Waals surface area contributed by atoms with Crippen LogP contribution in [0.5, 0.6) is 5.75 Å². The molecule has 0 heterocycles. The molecule has 0 saturated heterocycles. The number of hydrazine groups is 1. The minimum Gasteiger partial charge on any atom is -0.484 e. The van der Waals surface area contributed by atoms with Gasteiger partial charge in [0.1, 0.15) is 5.75 Å². The van der Waals surface area contributed by atoms with Crippen molar-refractivity contribution < 1.29 is 23.9 Å². The van der Waals surface area contributed by atoms with E-state index in [1.807, 2.05) is 42.5 Å². The van der Waals surface area contributed by atoms with E-state index in [9.17, 15) is 14.4 Å². The van der Waals surface area contributed by atoms with Crippen molar-refractivity contribution in [1.29, 1.82) is 0 Å². The number of benzene rings is 2. The van der Waals surface area contributed by atoms with Gasteiger partial charge in [0.25, 0.3) is 5.91 Å². The molecule has 2 aromatic carbocycles. The number of methoxy groups -OCH3 is 1. The van der Waals surface area contributed by atoms with Crippen molar-refractivity contribution in [1.82, 2.24) is 10.9 Å². The fourth-order valence-electron chi connectivity index (χ4n) is 2.08. The number of carbonyl (C=O) groups excluding carboxylic acids is 3. The van der Waals surface area contributed by atoms with Crippen molar-refractivity contribution in [3.05, 3.63) is 54.6 Å². The minimum atomic E-state index is -0.511. The van der Waals surface area contributed by atoms with E-state index >= 15 is 0 Å². The van der Waals surface area contributed by atoms with E-state index in [0.717, 1.165) is 11.1 Å². The van der Waals surface area contributed by atoms with Crippen molar-refractivity contribution >= 4 is 17.8 Å². The van der Waals surface area contributed by atoms with Gasteiger partial charge in [0.2, 0.25) is 5.91 Å². The normalized spacial score (nSPS) is 9.88. The molecule has 0 fully saturated rings. The molecule has 2 rings (SSSR count). The van der Waals surface area contributed by atoms with Crippen LogP contribution in [0.4, 0.5) is 0 Å². The fraction of sp³-hybridized carbons (Fsp3) is 0.211. The topological polar surface area (TPSA) is 93.7 Å². The first-order valence-electron chi connectivity index (χ1n) is 8.01. The Hall–Kier alpha value is -3.35. The monoisotopic (exact) mass is 356 g/mol. The Morgan fingerprint density at radius 1 is 0.808 bits per heavy atom. The summed E-state index contributed by atoms with van der Waals surface area (Å²) in [6, 6.07) is 17.2. The van der Waals surface area contributed by atoms with Crippen LogP contribution in [0.2, 0.25) is 0 Å². The third kappa shape index (κ3) is 6.27. The van der Waals surface area contributed by atoms with Gasteiger partial charge >= 0.3 is 5.97 Å². The predicted octanol–water partition coefficient (Wildman–Crippen LogP) is 1.83. The number of hydrogen-bond acceptors (Lipinski definition) is 5. The molecule has 0 radical (unpaired) electrons. The van der Waals surface area contributed by atoms with Crippen molar-refractivity contribution in [2.45, 2.75) is 12.8 Å². The summed E-state index contributed by atoms with van der Waals surface area (Å²) in [5.41, 5.74) is 6.55. The number of carbonyl (C=O) groups is 3. The second-order valence-corrected chi connectivity index (χ2v) is 5.35. The standard InChI is InChI=1S/C19H20N2O5/c1-25-19(24)12-11-17(22)20-21-18(23)13-26-16-9-7-15(8-10-16)14-5-3-2-4-6-14/h2-10H,11-13H2,1H3,(H,20,22)(H,21,23). The minimum absolute atomic E-state index is 0.0531. The van der Waals surface area contributed by atoms with Gasteiger partial charge in [-0.25, -0.2) is 0 Å². The maximum absolute atomic E-state index is 11.7. The highest BCUT2D eigenvalue weighted by Crippen LogP contribution is 2.21. The molecule has 7 nitrogen and oxygen atoms in total. The molecule has 0 spiro atoms. The lowest BCUT2D eigenvalue weighted by atomic mass is 10.1. The zero-order valence-corrected chi connectivity index (χ0v) is 14.4. The molecule has 2 N–H and O–H groups in total. The highest BCUT2D eigenvalue weighted by atomic mass is 16.5. The molecule has 136 valence electrons. The van der Waals surface area contributed by atoms with Gasteiger partial charge in [-0.2, -0.15) is 0 Å². The highest BCUT2D eigenvalue weighted by Gasteiger charge is 2.08. The van der Waals surface area contributed by atoms with Gasteiger partial charge in [-0.15, -0.1) is 0 Å².